The molecule has 1 heterocycles. The van der Waals surface area contributed by atoms with Gasteiger partial charge in [0.15, 0.2) is 0 Å². The first kappa shape index (κ1) is 17.7. The molecule has 25 heavy (non-hydrogen) atoms. The quantitative estimate of drug-likeness (QED) is 0.718. The van der Waals surface area contributed by atoms with Crippen molar-refractivity contribution in [2.24, 2.45) is 0 Å². The lowest BCUT2D eigenvalue weighted by Crippen LogP contribution is -2.24. The summed E-state index contributed by atoms with van der Waals surface area (Å²) in [7, 11) is -3.61. The van der Waals surface area contributed by atoms with E-state index in [0.717, 1.165) is 17.7 Å². The van der Waals surface area contributed by atoms with Crippen LogP contribution in [0, 0.1) is 6.92 Å². The van der Waals surface area contributed by atoms with Crippen molar-refractivity contribution in [2.45, 2.75) is 24.9 Å². The summed E-state index contributed by atoms with van der Waals surface area (Å²) in [6.45, 7) is 2.70. The molecule has 130 valence electrons. The van der Waals surface area contributed by atoms with Gasteiger partial charge in [0.05, 0.1) is 11.2 Å². The predicted molar refractivity (Wildman–Crippen MR) is 98.0 cm³/mol. The van der Waals surface area contributed by atoms with Crippen LogP contribution in [0.2, 0.25) is 5.02 Å². The third-order valence-corrected chi connectivity index (χ3v) is 5.63. The average Bonchev–Trinajstić information content (AvgIpc) is 3.09. The van der Waals surface area contributed by atoms with Crippen molar-refractivity contribution in [1.82, 2.24) is 14.3 Å². The maximum atomic E-state index is 12.5. The molecule has 0 atom stereocenters. The van der Waals surface area contributed by atoms with Crippen LogP contribution in [0.3, 0.4) is 0 Å². The molecule has 0 spiro atoms. The van der Waals surface area contributed by atoms with E-state index in [1.165, 1.54) is 6.07 Å². The van der Waals surface area contributed by atoms with E-state index < -0.39 is 10.0 Å². The van der Waals surface area contributed by atoms with Crippen LogP contribution >= 0.6 is 11.6 Å². The molecule has 0 aliphatic heterocycles. The second kappa shape index (κ2) is 7.39. The Morgan fingerprint density at radius 1 is 1.12 bits per heavy atom. The number of rotatable bonds is 6. The van der Waals surface area contributed by atoms with Crippen LogP contribution in [-0.2, 0) is 23.1 Å². The number of aromatic nitrogens is 2. The van der Waals surface area contributed by atoms with Crippen LogP contribution in [0.5, 0.6) is 0 Å². The van der Waals surface area contributed by atoms with E-state index in [1.807, 2.05) is 35.0 Å². The lowest BCUT2D eigenvalue weighted by Gasteiger charge is -2.10. The molecule has 0 radical (unpaired) electrons. The molecule has 0 bridgehead atoms. The van der Waals surface area contributed by atoms with Crippen molar-refractivity contribution in [1.29, 1.82) is 0 Å². The number of sulfonamides is 1. The molecule has 0 saturated heterocycles. The Balaban J connectivity index is 1.67. The first-order valence-corrected chi connectivity index (χ1v) is 9.59. The van der Waals surface area contributed by atoms with Gasteiger partial charge in [-0.15, -0.1) is 0 Å². The minimum absolute atomic E-state index is 0.205. The molecule has 0 unspecified atom stereocenters. The fourth-order valence-corrected chi connectivity index (χ4v) is 4.00. The second-order valence-electron chi connectivity index (χ2n) is 5.79. The van der Waals surface area contributed by atoms with E-state index in [2.05, 4.69) is 9.71 Å². The summed E-state index contributed by atoms with van der Waals surface area (Å²) < 4.78 is 29.5. The molecule has 1 N–H and O–H groups in total. The minimum atomic E-state index is -3.61. The van der Waals surface area contributed by atoms with E-state index in [1.54, 1.807) is 31.6 Å². The molecule has 3 aromatic rings. The number of hydrogen-bond donors (Lipinski definition) is 1. The molecule has 0 fully saturated rings. The van der Waals surface area contributed by atoms with Crippen molar-refractivity contribution < 1.29 is 8.42 Å². The number of halogens is 1. The maximum absolute atomic E-state index is 12.5. The van der Waals surface area contributed by atoms with Gasteiger partial charge in [-0.05, 0) is 35.7 Å². The van der Waals surface area contributed by atoms with Crippen LogP contribution in [0.25, 0.3) is 0 Å². The van der Waals surface area contributed by atoms with Crippen LogP contribution in [0.15, 0.2) is 66.1 Å². The number of hydrogen-bond acceptors (Lipinski definition) is 3. The summed E-state index contributed by atoms with van der Waals surface area (Å²) in [5, 5.41) is 0.398. The highest BCUT2D eigenvalue weighted by Gasteiger charge is 2.16. The summed E-state index contributed by atoms with van der Waals surface area (Å²) in [6.07, 6.45) is 5.39. The van der Waals surface area contributed by atoms with E-state index in [4.69, 9.17) is 11.6 Å². The molecular formula is C18H18ClN3O2S. The van der Waals surface area contributed by atoms with Crippen LogP contribution in [0.1, 0.15) is 16.7 Å². The molecule has 0 saturated carbocycles. The second-order valence-corrected chi connectivity index (χ2v) is 7.96. The first-order chi connectivity index (χ1) is 11.9. The van der Waals surface area contributed by atoms with Crippen LogP contribution < -0.4 is 4.72 Å². The monoisotopic (exact) mass is 375 g/mol. The van der Waals surface area contributed by atoms with Crippen molar-refractivity contribution in [3.05, 3.63) is 82.9 Å². The summed E-state index contributed by atoms with van der Waals surface area (Å²) in [5.74, 6) is 0. The molecule has 0 amide bonds. The highest BCUT2D eigenvalue weighted by molar-refractivity contribution is 7.89. The van der Waals surface area contributed by atoms with Gasteiger partial charge >= 0.3 is 0 Å². The van der Waals surface area contributed by atoms with Gasteiger partial charge < -0.3 is 4.57 Å². The number of imidazole rings is 1. The maximum Gasteiger partial charge on any atom is 0.241 e. The normalized spacial score (nSPS) is 11.6. The number of nitrogens with one attached hydrogen (secondary N) is 1. The Morgan fingerprint density at radius 3 is 2.52 bits per heavy atom. The molecule has 2 aromatic carbocycles. The lowest BCUT2D eigenvalue weighted by molar-refractivity contribution is 0.580. The average molecular weight is 376 g/mol. The highest BCUT2D eigenvalue weighted by Crippen LogP contribution is 2.20. The fourth-order valence-electron chi connectivity index (χ4n) is 2.47. The summed E-state index contributed by atoms with van der Waals surface area (Å²) in [5.41, 5.74) is 2.67. The Bertz CT molecular complexity index is 952. The molecule has 7 heteroatoms. The first-order valence-electron chi connectivity index (χ1n) is 7.73. The SMILES string of the molecule is Cc1ccc(Cl)cc1S(=O)(=O)NCc1ccc(Cn2ccnc2)cc1. The summed E-state index contributed by atoms with van der Waals surface area (Å²) >= 11 is 5.92. The van der Waals surface area contributed by atoms with Crippen molar-refractivity contribution in [3.8, 4) is 0 Å². The number of benzene rings is 2. The van der Waals surface area contributed by atoms with Gasteiger partial charge in [0, 0.05) is 30.5 Å². The highest BCUT2D eigenvalue weighted by atomic mass is 35.5. The molecule has 3 rings (SSSR count). The van der Waals surface area contributed by atoms with Crippen LogP contribution in [0.4, 0.5) is 0 Å². The van der Waals surface area contributed by atoms with Gasteiger partial charge in [-0.1, -0.05) is 41.9 Å². The van der Waals surface area contributed by atoms with Gasteiger partial charge in [0.1, 0.15) is 0 Å². The zero-order valence-corrected chi connectivity index (χ0v) is 15.3. The third-order valence-electron chi connectivity index (χ3n) is 3.85. The summed E-state index contributed by atoms with van der Waals surface area (Å²) in [6, 6.07) is 12.6. The molecule has 0 aliphatic carbocycles. The van der Waals surface area contributed by atoms with Gasteiger partial charge in [0.2, 0.25) is 10.0 Å². The van der Waals surface area contributed by atoms with Crippen molar-refractivity contribution >= 4 is 21.6 Å². The van der Waals surface area contributed by atoms with Crippen LogP contribution in [-0.4, -0.2) is 18.0 Å². The Hall–Kier alpha value is -2.15. The number of aryl methyl sites for hydroxylation is 1. The van der Waals surface area contributed by atoms with E-state index >= 15 is 0 Å². The summed E-state index contributed by atoms with van der Waals surface area (Å²) in [4.78, 5) is 4.22. The fraction of sp³-hybridized carbons (Fsp3) is 0.167. The van der Waals surface area contributed by atoms with Gasteiger partial charge in [-0.2, -0.15) is 0 Å². The largest absolute Gasteiger partial charge is 0.333 e. The smallest absolute Gasteiger partial charge is 0.241 e. The van der Waals surface area contributed by atoms with Gasteiger partial charge in [-0.25, -0.2) is 18.1 Å². The molecule has 1 aromatic heterocycles. The Labute approximate surface area is 152 Å². The predicted octanol–water partition coefficient (Wildman–Crippen LogP) is 3.37. The third kappa shape index (κ3) is 4.48. The van der Waals surface area contributed by atoms with Crippen molar-refractivity contribution in [2.75, 3.05) is 0 Å². The zero-order valence-electron chi connectivity index (χ0n) is 13.7. The Kier molecular flexibility index (Phi) is 5.22. The van der Waals surface area contributed by atoms with E-state index in [0.29, 0.717) is 10.6 Å². The Morgan fingerprint density at radius 2 is 1.84 bits per heavy atom. The molecule has 0 aliphatic rings. The van der Waals surface area contributed by atoms with E-state index in [9.17, 15) is 8.42 Å². The van der Waals surface area contributed by atoms with Gasteiger partial charge in [0.25, 0.3) is 0 Å². The van der Waals surface area contributed by atoms with Gasteiger partial charge in [-0.3, -0.25) is 0 Å². The zero-order chi connectivity index (χ0) is 17.9. The topological polar surface area (TPSA) is 64.0 Å². The minimum Gasteiger partial charge on any atom is -0.333 e. The lowest BCUT2D eigenvalue weighted by atomic mass is 10.1. The number of nitrogens with zero attached hydrogens (tertiary/aromatic N) is 2. The van der Waals surface area contributed by atoms with E-state index in [-0.39, 0.29) is 11.4 Å². The molecule has 5 nitrogen and oxygen atoms in total. The molecular weight excluding hydrogens is 358 g/mol. The standard InChI is InChI=1S/C18H18ClN3O2S/c1-14-2-7-17(19)10-18(14)25(23,24)21-11-15-3-5-16(6-4-15)12-22-9-8-20-13-22/h2-10,13,21H,11-12H2,1H3. The van der Waals surface area contributed by atoms with Crippen molar-refractivity contribution in [3.63, 3.8) is 0 Å².